The Balaban J connectivity index is 1.50. The average molecular weight is 705 g/mol. The summed E-state index contributed by atoms with van der Waals surface area (Å²) in [5.74, 6) is -0.608. The van der Waals surface area contributed by atoms with E-state index in [-0.39, 0.29) is 24.1 Å². The predicted molar refractivity (Wildman–Crippen MR) is 198 cm³/mol. The first-order chi connectivity index (χ1) is 23.4. The van der Waals surface area contributed by atoms with Crippen LogP contribution in [0, 0.1) is 13.8 Å². The Hall–Kier alpha value is -3.80. The Kier molecular flexibility index (Phi) is 13.8. The minimum Gasteiger partial charge on any atom is -0.381 e. The fourth-order valence-corrected chi connectivity index (χ4v) is 7.97. The highest BCUT2D eigenvalue weighted by atomic mass is 32.2. The van der Waals surface area contributed by atoms with Crippen molar-refractivity contribution < 1.29 is 24.3 Å². The van der Waals surface area contributed by atoms with Crippen molar-refractivity contribution in [2.24, 2.45) is 0 Å². The molecule has 1 fully saturated rings. The number of nitrogens with zero attached hydrogens (tertiary/aromatic N) is 1. The molecule has 0 aromatic heterocycles. The molecule has 4 rings (SSSR count). The predicted octanol–water partition coefficient (Wildman–Crippen LogP) is 4.52. The SMILES string of the molecule is CC(=O)N[C@H](CSCc1ccc(C)cc1)C(=O)N[C@@H](CCc1ccccc1)[C@H](O)C(=O)N1CSC(C)(C)[C@H]1C(=O)NCc1ccccc1C. The summed E-state index contributed by atoms with van der Waals surface area (Å²) in [4.78, 5) is 55.0. The third-order valence-electron chi connectivity index (χ3n) is 8.71. The van der Waals surface area contributed by atoms with E-state index < -0.39 is 40.8 Å². The molecule has 4 amide bonds. The molecule has 3 aromatic carbocycles. The van der Waals surface area contributed by atoms with E-state index in [1.165, 1.54) is 35.3 Å². The van der Waals surface area contributed by atoms with Crippen LogP contribution >= 0.6 is 23.5 Å². The summed E-state index contributed by atoms with van der Waals surface area (Å²) in [5, 5.41) is 20.3. The van der Waals surface area contributed by atoms with E-state index in [0.717, 1.165) is 27.8 Å². The molecule has 1 heterocycles. The summed E-state index contributed by atoms with van der Waals surface area (Å²) in [7, 11) is 0. The highest BCUT2D eigenvalue weighted by Crippen LogP contribution is 2.40. The van der Waals surface area contributed by atoms with Gasteiger partial charge in [0.1, 0.15) is 12.1 Å². The molecule has 0 unspecified atom stereocenters. The van der Waals surface area contributed by atoms with E-state index in [2.05, 4.69) is 16.0 Å². The van der Waals surface area contributed by atoms with Gasteiger partial charge in [0.15, 0.2) is 6.10 Å². The van der Waals surface area contributed by atoms with E-state index in [0.29, 0.717) is 24.5 Å². The van der Waals surface area contributed by atoms with E-state index in [1.807, 2.05) is 107 Å². The van der Waals surface area contributed by atoms with Gasteiger partial charge >= 0.3 is 0 Å². The molecule has 4 atom stereocenters. The van der Waals surface area contributed by atoms with Crippen LogP contribution in [0.3, 0.4) is 0 Å². The lowest BCUT2D eigenvalue weighted by Gasteiger charge is -2.33. The second-order valence-corrected chi connectivity index (χ2v) is 15.7. The number of hydrogen-bond acceptors (Lipinski definition) is 7. The standard InChI is InChI=1S/C38H48N4O5S2/c1-25-15-17-29(18-16-25)22-48-23-32(40-27(3)43)35(45)41-31(20-19-28-12-7-6-8-13-28)33(44)37(47)42-24-49-38(4,5)34(42)36(46)39-21-30-14-10-9-11-26(30)2/h6-18,31-34,44H,19-24H2,1-5H3,(H,39,46)(H,40,43)(H,41,45)/t31-,32+,33-,34+/m0/s1. The van der Waals surface area contributed by atoms with Gasteiger partial charge in [-0.15, -0.1) is 11.8 Å². The lowest BCUT2D eigenvalue weighted by atomic mass is 9.97. The molecule has 11 heteroatoms. The molecule has 49 heavy (non-hydrogen) atoms. The van der Waals surface area contributed by atoms with Gasteiger partial charge in [0.2, 0.25) is 17.7 Å². The van der Waals surface area contributed by atoms with E-state index in [1.54, 1.807) is 0 Å². The second kappa shape index (κ2) is 17.7. The second-order valence-electron chi connectivity index (χ2n) is 13.1. The number of carbonyl (C=O) groups excluding carboxylic acids is 4. The Morgan fingerprint density at radius 1 is 0.939 bits per heavy atom. The fourth-order valence-electron chi connectivity index (χ4n) is 5.81. The van der Waals surface area contributed by atoms with Gasteiger partial charge in [-0.25, -0.2) is 0 Å². The molecular formula is C38H48N4O5S2. The van der Waals surface area contributed by atoms with Crippen molar-refractivity contribution in [3.8, 4) is 0 Å². The number of benzene rings is 3. The zero-order valence-corrected chi connectivity index (χ0v) is 30.5. The zero-order chi connectivity index (χ0) is 35.6. The summed E-state index contributed by atoms with van der Waals surface area (Å²) in [5.41, 5.74) is 5.27. The number of carbonyl (C=O) groups is 4. The third-order valence-corrected chi connectivity index (χ3v) is 11.2. The third kappa shape index (κ3) is 10.8. The summed E-state index contributed by atoms with van der Waals surface area (Å²) in [6, 6.07) is 22.8. The molecule has 3 aromatic rings. The summed E-state index contributed by atoms with van der Waals surface area (Å²) >= 11 is 2.98. The molecule has 0 bridgehead atoms. The van der Waals surface area contributed by atoms with Crippen molar-refractivity contribution in [1.82, 2.24) is 20.9 Å². The number of thioether (sulfide) groups is 2. The van der Waals surface area contributed by atoms with Crippen molar-refractivity contribution >= 4 is 47.2 Å². The van der Waals surface area contributed by atoms with E-state index in [9.17, 15) is 24.3 Å². The molecule has 262 valence electrons. The van der Waals surface area contributed by atoms with Crippen molar-refractivity contribution in [3.63, 3.8) is 0 Å². The Labute approximate surface area is 298 Å². The van der Waals surface area contributed by atoms with Crippen molar-refractivity contribution in [2.45, 2.75) is 88.7 Å². The van der Waals surface area contributed by atoms with Gasteiger partial charge in [0, 0.05) is 29.7 Å². The van der Waals surface area contributed by atoms with Gasteiger partial charge < -0.3 is 26.0 Å². The summed E-state index contributed by atoms with van der Waals surface area (Å²) in [6.07, 6.45) is -0.864. The van der Waals surface area contributed by atoms with E-state index in [4.69, 9.17) is 0 Å². The van der Waals surface area contributed by atoms with Crippen LogP contribution in [-0.4, -0.2) is 74.2 Å². The lowest BCUT2D eigenvalue weighted by Crippen LogP contribution is -2.59. The molecular weight excluding hydrogens is 657 g/mol. The van der Waals surface area contributed by atoms with Gasteiger partial charge in [-0.05, 0) is 62.8 Å². The first-order valence-corrected chi connectivity index (χ1v) is 18.7. The maximum Gasteiger partial charge on any atom is 0.254 e. The average Bonchev–Trinajstić information content (AvgIpc) is 3.40. The maximum atomic E-state index is 14.1. The van der Waals surface area contributed by atoms with Crippen LogP contribution in [0.15, 0.2) is 78.9 Å². The van der Waals surface area contributed by atoms with Gasteiger partial charge in [-0.3, -0.25) is 19.2 Å². The van der Waals surface area contributed by atoms with Crippen molar-refractivity contribution in [3.05, 3.63) is 107 Å². The van der Waals surface area contributed by atoms with Crippen LogP contribution in [0.2, 0.25) is 0 Å². The largest absolute Gasteiger partial charge is 0.381 e. The smallest absolute Gasteiger partial charge is 0.254 e. The molecule has 0 saturated carbocycles. The molecule has 1 saturated heterocycles. The number of aliphatic hydroxyl groups is 1. The monoisotopic (exact) mass is 704 g/mol. The number of aryl methyl sites for hydroxylation is 3. The first kappa shape index (κ1) is 38.0. The van der Waals surface area contributed by atoms with E-state index >= 15 is 0 Å². The van der Waals surface area contributed by atoms with Crippen LogP contribution in [-0.2, 0) is 37.9 Å². The molecule has 0 spiro atoms. The molecule has 0 radical (unpaired) electrons. The quantitative estimate of drug-likeness (QED) is 0.183. The Morgan fingerprint density at radius 3 is 2.29 bits per heavy atom. The minimum atomic E-state index is -1.62. The number of amides is 4. The topological polar surface area (TPSA) is 128 Å². The zero-order valence-electron chi connectivity index (χ0n) is 28.9. The number of hydrogen-bond donors (Lipinski definition) is 4. The summed E-state index contributed by atoms with van der Waals surface area (Å²) in [6.45, 7) is 9.49. The van der Waals surface area contributed by atoms with Crippen molar-refractivity contribution in [1.29, 1.82) is 0 Å². The van der Waals surface area contributed by atoms with Gasteiger partial charge in [-0.1, -0.05) is 84.4 Å². The van der Waals surface area contributed by atoms with Crippen LogP contribution < -0.4 is 16.0 Å². The summed E-state index contributed by atoms with van der Waals surface area (Å²) < 4.78 is -0.612. The number of nitrogens with one attached hydrogen (secondary N) is 3. The molecule has 4 N–H and O–H groups in total. The maximum absolute atomic E-state index is 14.1. The van der Waals surface area contributed by atoms with Gasteiger partial charge in [0.25, 0.3) is 5.91 Å². The minimum absolute atomic E-state index is 0.217. The highest BCUT2D eigenvalue weighted by molar-refractivity contribution is 8.00. The normalized spacial score (nSPS) is 17.1. The highest BCUT2D eigenvalue weighted by Gasteiger charge is 2.49. The first-order valence-electron chi connectivity index (χ1n) is 16.5. The van der Waals surface area contributed by atoms with Gasteiger partial charge in [-0.2, -0.15) is 11.8 Å². The Bertz CT molecular complexity index is 1580. The van der Waals surface area contributed by atoms with Crippen molar-refractivity contribution in [2.75, 3.05) is 11.6 Å². The molecule has 0 aliphatic carbocycles. The number of aliphatic hydroxyl groups excluding tert-OH is 1. The fraction of sp³-hybridized carbons (Fsp3) is 0.421. The number of rotatable bonds is 15. The van der Waals surface area contributed by atoms with Crippen LogP contribution in [0.25, 0.3) is 0 Å². The lowest BCUT2D eigenvalue weighted by molar-refractivity contribution is -0.148. The van der Waals surface area contributed by atoms with Crippen LogP contribution in [0.4, 0.5) is 0 Å². The molecule has 1 aliphatic heterocycles. The van der Waals surface area contributed by atoms with Gasteiger partial charge in [0.05, 0.1) is 11.9 Å². The molecule has 9 nitrogen and oxygen atoms in total. The van der Waals surface area contributed by atoms with Crippen LogP contribution in [0.1, 0.15) is 55.0 Å². The Morgan fingerprint density at radius 2 is 1.61 bits per heavy atom. The molecule has 1 aliphatic rings. The van der Waals surface area contributed by atoms with Crippen LogP contribution in [0.5, 0.6) is 0 Å².